The van der Waals surface area contributed by atoms with Gasteiger partial charge in [-0.2, -0.15) is 0 Å². The van der Waals surface area contributed by atoms with Gasteiger partial charge in [0.2, 0.25) is 0 Å². The van der Waals surface area contributed by atoms with E-state index in [0.29, 0.717) is 0 Å². The van der Waals surface area contributed by atoms with Gasteiger partial charge in [0, 0.05) is 19.8 Å². The van der Waals surface area contributed by atoms with Gasteiger partial charge in [-0.25, -0.2) is 0 Å². The number of hydrogen-bond donors (Lipinski definition) is 1. The highest BCUT2D eigenvalue weighted by Crippen LogP contribution is 2.09. The lowest BCUT2D eigenvalue weighted by molar-refractivity contribution is -0.147. The van der Waals surface area contributed by atoms with Crippen LogP contribution in [0.1, 0.15) is 65.2 Å². The van der Waals surface area contributed by atoms with Gasteiger partial charge in [0.1, 0.15) is 0 Å². The van der Waals surface area contributed by atoms with Gasteiger partial charge in [0.05, 0.1) is 0 Å². The third kappa shape index (κ3) is 13.8. The Morgan fingerprint density at radius 2 is 1.47 bits per heavy atom. The van der Waals surface area contributed by atoms with Gasteiger partial charge in [-0.3, -0.25) is 0 Å². The van der Waals surface area contributed by atoms with Crippen molar-refractivity contribution in [3.05, 3.63) is 12.2 Å². The first kappa shape index (κ1) is 18.6. The van der Waals surface area contributed by atoms with E-state index in [2.05, 4.69) is 19.9 Å². The summed E-state index contributed by atoms with van der Waals surface area (Å²) in [6.07, 6.45) is 12.5. The number of aliphatic hydroxyl groups excluding tert-OH is 1. The van der Waals surface area contributed by atoms with Crippen molar-refractivity contribution in [2.24, 2.45) is 0 Å². The van der Waals surface area contributed by atoms with Crippen molar-refractivity contribution in [3.8, 4) is 0 Å². The highest BCUT2D eigenvalue weighted by atomic mass is 16.7. The largest absolute Gasteiger partial charge is 0.396 e. The third-order valence-electron chi connectivity index (χ3n) is 2.88. The topological polar surface area (TPSA) is 38.7 Å². The zero-order chi connectivity index (χ0) is 14.2. The van der Waals surface area contributed by atoms with Crippen LogP contribution in [0.4, 0.5) is 0 Å². The van der Waals surface area contributed by atoms with Crippen LogP contribution in [0.2, 0.25) is 0 Å². The SMILES string of the molecule is CCCCOC(CCC/C=C\CCO)OCCCC. The van der Waals surface area contributed by atoms with Crippen molar-refractivity contribution >= 4 is 0 Å². The van der Waals surface area contributed by atoms with Crippen molar-refractivity contribution in [3.63, 3.8) is 0 Å². The molecule has 0 heterocycles. The van der Waals surface area contributed by atoms with Crippen LogP contribution in [0.3, 0.4) is 0 Å². The van der Waals surface area contributed by atoms with E-state index in [9.17, 15) is 0 Å². The summed E-state index contributed by atoms with van der Waals surface area (Å²) in [7, 11) is 0. The van der Waals surface area contributed by atoms with Crippen LogP contribution < -0.4 is 0 Å². The molecule has 0 amide bonds. The van der Waals surface area contributed by atoms with Gasteiger partial charge >= 0.3 is 0 Å². The number of allylic oxidation sites excluding steroid dienone is 1. The van der Waals surface area contributed by atoms with Crippen molar-refractivity contribution < 1.29 is 14.6 Å². The molecule has 0 radical (unpaired) electrons. The Kier molecular flexibility index (Phi) is 15.4. The quantitative estimate of drug-likeness (QED) is 0.294. The molecule has 0 bridgehead atoms. The van der Waals surface area contributed by atoms with Crippen molar-refractivity contribution in [1.82, 2.24) is 0 Å². The Labute approximate surface area is 119 Å². The molecule has 19 heavy (non-hydrogen) atoms. The summed E-state index contributed by atoms with van der Waals surface area (Å²) in [4.78, 5) is 0. The number of ether oxygens (including phenoxy) is 2. The molecule has 0 unspecified atom stereocenters. The molecule has 0 aromatic heterocycles. The minimum Gasteiger partial charge on any atom is -0.396 e. The van der Waals surface area contributed by atoms with Gasteiger partial charge in [-0.05, 0) is 38.5 Å². The van der Waals surface area contributed by atoms with Crippen LogP contribution in [0.15, 0.2) is 12.2 Å². The van der Waals surface area contributed by atoms with Crippen LogP contribution in [0.25, 0.3) is 0 Å². The van der Waals surface area contributed by atoms with Crippen LogP contribution in [-0.2, 0) is 9.47 Å². The van der Waals surface area contributed by atoms with Gasteiger partial charge in [0.25, 0.3) is 0 Å². The summed E-state index contributed by atoms with van der Waals surface area (Å²) < 4.78 is 11.5. The molecule has 0 aliphatic heterocycles. The summed E-state index contributed by atoms with van der Waals surface area (Å²) in [5, 5.41) is 8.66. The van der Waals surface area contributed by atoms with E-state index in [-0.39, 0.29) is 12.9 Å². The Morgan fingerprint density at radius 1 is 0.895 bits per heavy atom. The van der Waals surface area contributed by atoms with Crippen LogP contribution in [0.5, 0.6) is 0 Å². The Hall–Kier alpha value is -0.380. The minimum atomic E-state index is -0.0376. The predicted molar refractivity (Wildman–Crippen MR) is 80.2 cm³/mol. The molecule has 0 saturated carbocycles. The molecule has 0 rings (SSSR count). The zero-order valence-electron chi connectivity index (χ0n) is 12.8. The van der Waals surface area contributed by atoms with Crippen molar-refractivity contribution in [1.29, 1.82) is 0 Å². The standard InChI is InChI=1S/C16H32O3/c1-3-5-14-18-16(19-15-6-4-2)12-10-8-7-9-11-13-17/h7,9,16-17H,3-6,8,10-15H2,1-2H3/b9-7-. The maximum Gasteiger partial charge on any atom is 0.157 e. The summed E-state index contributed by atoms with van der Waals surface area (Å²) in [5.41, 5.74) is 0. The predicted octanol–water partition coefficient (Wildman–Crippen LogP) is 4.05. The molecular formula is C16H32O3. The molecular weight excluding hydrogens is 240 g/mol. The second-order valence-corrected chi connectivity index (χ2v) is 4.79. The highest BCUT2D eigenvalue weighted by molar-refractivity contribution is 4.81. The minimum absolute atomic E-state index is 0.0376. The lowest BCUT2D eigenvalue weighted by atomic mass is 10.2. The monoisotopic (exact) mass is 272 g/mol. The van der Waals surface area contributed by atoms with E-state index < -0.39 is 0 Å². The first-order valence-corrected chi connectivity index (χ1v) is 7.84. The molecule has 3 heteroatoms. The molecule has 0 spiro atoms. The van der Waals surface area contributed by atoms with Crippen LogP contribution >= 0.6 is 0 Å². The van der Waals surface area contributed by atoms with Gasteiger partial charge in [-0.1, -0.05) is 38.8 Å². The molecule has 0 saturated heterocycles. The molecule has 0 aliphatic rings. The number of hydrogen-bond acceptors (Lipinski definition) is 3. The Balaban J connectivity index is 3.69. The van der Waals surface area contributed by atoms with E-state index in [4.69, 9.17) is 14.6 Å². The maximum atomic E-state index is 8.66. The normalized spacial score (nSPS) is 11.8. The smallest absolute Gasteiger partial charge is 0.157 e. The first-order chi connectivity index (χ1) is 9.35. The zero-order valence-corrected chi connectivity index (χ0v) is 12.8. The Morgan fingerprint density at radius 3 is 2.00 bits per heavy atom. The average Bonchev–Trinajstić information content (AvgIpc) is 2.42. The van der Waals surface area contributed by atoms with Crippen molar-refractivity contribution in [2.45, 2.75) is 71.5 Å². The number of rotatable bonds is 14. The third-order valence-corrected chi connectivity index (χ3v) is 2.88. The van der Waals surface area contributed by atoms with E-state index in [0.717, 1.165) is 64.6 Å². The van der Waals surface area contributed by atoms with Gasteiger partial charge < -0.3 is 14.6 Å². The fourth-order valence-electron chi connectivity index (χ4n) is 1.65. The summed E-state index contributed by atoms with van der Waals surface area (Å²) in [6.45, 7) is 6.17. The summed E-state index contributed by atoms with van der Waals surface area (Å²) in [6, 6.07) is 0. The maximum absolute atomic E-state index is 8.66. The van der Waals surface area contributed by atoms with E-state index in [1.807, 2.05) is 6.08 Å². The highest BCUT2D eigenvalue weighted by Gasteiger charge is 2.08. The van der Waals surface area contributed by atoms with Crippen molar-refractivity contribution in [2.75, 3.05) is 19.8 Å². The lowest BCUT2D eigenvalue weighted by Gasteiger charge is -2.18. The second kappa shape index (κ2) is 15.7. The van der Waals surface area contributed by atoms with Gasteiger partial charge in [-0.15, -0.1) is 0 Å². The van der Waals surface area contributed by atoms with E-state index in [1.54, 1.807) is 0 Å². The molecule has 0 atom stereocenters. The molecule has 3 nitrogen and oxygen atoms in total. The fraction of sp³-hybridized carbons (Fsp3) is 0.875. The number of aliphatic hydroxyl groups is 1. The molecule has 114 valence electrons. The Bertz CT molecular complexity index is 182. The van der Waals surface area contributed by atoms with Crippen LogP contribution in [-0.4, -0.2) is 31.2 Å². The first-order valence-electron chi connectivity index (χ1n) is 7.84. The molecule has 0 aliphatic carbocycles. The molecule has 0 fully saturated rings. The summed E-state index contributed by atoms with van der Waals surface area (Å²) >= 11 is 0. The second-order valence-electron chi connectivity index (χ2n) is 4.79. The average molecular weight is 272 g/mol. The van der Waals surface area contributed by atoms with Crippen LogP contribution in [0, 0.1) is 0 Å². The molecule has 0 aromatic rings. The van der Waals surface area contributed by atoms with E-state index in [1.165, 1.54) is 0 Å². The summed E-state index contributed by atoms with van der Waals surface area (Å²) in [5.74, 6) is 0. The molecule has 0 aromatic carbocycles. The van der Waals surface area contributed by atoms with Gasteiger partial charge in [0.15, 0.2) is 6.29 Å². The fourth-order valence-corrected chi connectivity index (χ4v) is 1.65. The number of unbranched alkanes of at least 4 members (excludes halogenated alkanes) is 3. The molecule has 1 N–H and O–H groups in total. The lowest BCUT2D eigenvalue weighted by Crippen LogP contribution is -2.18. The van der Waals surface area contributed by atoms with E-state index >= 15 is 0 Å².